The van der Waals surface area contributed by atoms with Crippen LogP contribution in [0.5, 0.6) is 0 Å². The number of pyridine rings is 1. The van der Waals surface area contributed by atoms with Crippen LogP contribution in [-0.2, 0) is 4.79 Å². The highest BCUT2D eigenvalue weighted by atomic mass is 16.4. The molecule has 1 saturated carbocycles. The molecule has 26 heavy (non-hydrogen) atoms. The monoisotopic (exact) mass is 350 g/mol. The Morgan fingerprint density at radius 3 is 2.62 bits per heavy atom. The van der Waals surface area contributed by atoms with Crippen molar-refractivity contribution in [1.29, 1.82) is 0 Å². The van der Waals surface area contributed by atoms with E-state index in [4.69, 9.17) is 0 Å². The Hall–Kier alpha value is -2.69. The molecular formula is C21H22N2O3. The number of hydrogen-bond acceptors (Lipinski definition) is 3. The van der Waals surface area contributed by atoms with E-state index in [1.165, 1.54) is 0 Å². The topological polar surface area (TPSA) is 70.5 Å². The van der Waals surface area contributed by atoms with E-state index in [1.807, 2.05) is 31.2 Å². The molecule has 1 aromatic carbocycles. The van der Waals surface area contributed by atoms with Crippen LogP contribution in [0.3, 0.4) is 0 Å². The first-order valence-electron chi connectivity index (χ1n) is 9.07. The number of nitrogens with zero attached hydrogens (tertiary/aromatic N) is 2. The molecule has 0 bridgehead atoms. The predicted octanol–water partition coefficient (Wildman–Crippen LogP) is 3.24. The van der Waals surface area contributed by atoms with Crippen LogP contribution < -0.4 is 0 Å². The zero-order valence-corrected chi connectivity index (χ0v) is 14.8. The number of carboxylic acids is 1. The largest absolute Gasteiger partial charge is 0.481 e. The number of likely N-dealkylation sites (tertiary alicyclic amines) is 1. The van der Waals surface area contributed by atoms with Crippen molar-refractivity contribution in [3.63, 3.8) is 0 Å². The quantitative estimate of drug-likeness (QED) is 0.919. The number of amides is 1. The fourth-order valence-electron chi connectivity index (χ4n) is 3.98. The third-order valence-electron chi connectivity index (χ3n) is 5.53. The van der Waals surface area contributed by atoms with Gasteiger partial charge in [0.25, 0.3) is 5.91 Å². The molecule has 2 aromatic rings. The van der Waals surface area contributed by atoms with Crippen LogP contribution in [0.15, 0.2) is 42.7 Å². The van der Waals surface area contributed by atoms with Gasteiger partial charge in [0.15, 0.2) is 0 Å². The maximum Gasteiger partial charge on any atom is 0.308 e. The lowest BCUT2D eigenvalue weighted by Gasteiger charge is -2.16. The lowest BCUT2D eigenvalue weighted by molar-refractivity contribution is -0.142. The third-order valence-corrected chi connectivity index (χ3v) is 5.53. The second kappa shape index (κ2) is 6.56. The van der Waals surface area contributed by atoms with E-state index in [0.717, 1.165) is 29.5 Å². The van der Waals surface area contributed by atoms with Crippen LogP contribution in [0.1, 0.15) is 28.8 Å². The summed E-state index contributed by atoms with van der Waals surface area (Å²) in [6, 6.07) is 9.92. The second-order valence-electron chi connectivity index (χ2n) is 7.49. The van der Waals surface area contributed by atoms with Crippen LogP contribution in [-0.4, -0.2) is 40.0 Å². The molecule has 2 aliphatic rings. The van der Waals surface area contributed by atoms with E-state index in [-0.39, 0.29) is 11.8 Å². The van der Waals surface area contributed by atoms with Crippen LogP contribution >= 0.6 is 0 Å². The van der Waals surface area contributed by atoms with Gasteiger partial charge in [0.2, 0.25) is 0 Å². The summed E-state index contributed by atoms with van der Waals surface area (Å²) in [6.45, 7) is 2.86. The minimum absolute atomic E-state index is 0.0874. The molecule has 0 unspecified atom stereocenters. The molecule has 1 saturated heterocycles. The van der Waals surface area contributed by atoms with Crippen molar-refractivity contribution in [3.05, 3.63) is 53.9 Å². The minimum atomic E-state index is -0.788. The Bertz CT molecular complexity index is 860. The Morgan fingerprint density at radius 1 is 1.12 bits per heavy atom. The maximum absolute atomic E-state index is 12.9. The average molecular weight is 350 g/mol. The van der Waals surface area contributed by atoms with Gasteiger partial charge in [0.1, 0.15) is 0 Å². The summed E-state index contributed by atoms with van der Waals surface area (Å²) < 4.78 is 0. The van der Waals surface area contributed by atoms with Crippen molar-refractivity contribution < 1.29 is 14.7 Å². The summed E-state index contributed by atoms with van der Waals surface area (Å²) in [5.41, 5.74) is 3.58. The van der Waals surface area contributed by atoms with E-state index >= 15 is 0 Å². The highest BCUT2D eigenvalue weighted by molar-refractivity contribution is 5.95. The number of carboxylic acid groups (broad SMARTS) is 1. The Labute approximate surface area is 152 Å². The van der Waals surface area contributed by atoms with Crippen molar-refractivity contribution in [3.8, 4) is 11.1 Å². The zero-order chi connectivity index (χ0) is 18.3. The van der Waals surface area contributed by atoms with E-state index < -0.39 is 11.9 Å². The van der Waals surface area contributed by atoms with E-state index in [9.17, 15) is 14.7 Å². The van der Waals surface area contributed by atoms with Gasteiger partial charge in [0.05, 0.1) is 11.5 Å². The van der Waals surface area contributed by atoms with Crippen molar-refractivity contribution in [1.82, 2.24) is 9.88 Å². The molecule has 1 aliphatic heterocycles. The SMILES string of the molecule is Cc1cccc(-c2cncc(C(=O)N3C[C@H](C(=O)O)[C@@H](C4CC4)C3)c2)c1. The second-order valence-corrected chi connectivity index (χ2v) is 7.49. The summed E-state index contributed by atoms with van der Waals surface area (Å²) in [5.74, 6) is -0.806. The minimum Gasteiger partial charge on any atom is -0.481 e. The smallest absolute Gasteiger partial charge is 0.308 e. The highest BCUT2D eigenvalue weighted by Gasteiger charge is 2.46. The molecule has 2 heterocycles. The number of hydrogen-bond donors (Lipinski definition) is 1. The molecule has 5 nitrogen and oxygen atoms in total. The summed E-state index contributed by atoms with van der Waals surface area (Å²) >= 11 is 0. The lowest BCUT2D eigenvalue weighted by Crippen LogP contribution is -2.30. The zero-order valence-electron chi connectivity index (χ0n) is 14.8. The Morgan fingerprint density at radius 2 is 1.92 bits per heavy atom. The van der Waals surface area contributed by atoms with Gasteiger partial charge in [-0.1, -0.05) is 29.8 Å². The number of carbonyl (C=O) groups is 2. The fourth-order valence-corrected chi connectivity index (χ4v) is 3.98. The van der Waals surface area contributed by atoms with Crippen molar-refractivity contribution >= 4 is 11.9 Å². The molecule has 1 N–H and O–H groups in total. The van der Waals surface area contributed by atoms with E-state index in [0.29, 0.717) is 24.6 Å². The Balaban J connectivity index is 1.57. The summed E-state index contributed by atoms with van der Waals surface area (Å²) in [4.78, 5) is 30.4. The van der Waals surface area contributed by atoms with E-state index in [2.05, 4.69) is 11.1 Å². The van der Waals surface area contributed by atoms with Crippen molar-refractivity contribution in [2.45, 2.75) is 19.8 Å². The number of benzene rings is 1. The van der Waals surface area contributed by atoms with Crippen LogP contribution in [0.2, 0.25) is 0 Å². The van der Waals surface area contributed by atoms with Crippen molar-refractivity contribution in [2.24, 2.45) is 17.8 Å². The van der Waals surface area contributed by atoms with Gasteiger partial charge in [-0.3, -0.25) is 14.6 Å². The number of carbonyl (C=O) groups excluding carboxylic acids is 1. The average Bonchev–Trinajstić information content (AvgIpc) is 3.39. The van der Waals surface area contributed by atoms with Crippen LogP contribution in [0.4, 0.5) is 0 Å². The molecule has 0 radical (unpaired) electrons. The fraction of sp³-hybridized carbons (Fsp3) is 0.381. The van der Waals surface area contributed by atoms with Gasteiger partial charge in [-0.15, -0.1) is 0 Å². The summed E-state index contributed by atoms with van der Waals surface area (Å²) in [7, 11) is 0. The third kappa shape index (κ3) is 3.21. The summed E-state index contributed by atoms with van der Waals surface area (Å²) in [5, 5.41) is 9.50. The van der Waals surface area contributed by atoms with E-state index in [1.54, 1.807) is 17.3 Å². The van der Waals surface area contributed by atoms with Crippen molar-refractivity contribution in [2.75, 3.05) is 13.1 Å². The van der Waals surface area contributed by atoms with Gasteiger partial charge >= 0.3 is 5.97 Å². The van der Waals surface area contributed by atoms with Gasteiger partial charge in [-0.25, -0.2) is 0 Å². The van der Waals surface area contributed by atoms with Crippen LogP contribution in [0.25, 0.3) is 11.1 Å². The number of aryl methyl sites for hydroxylation is 1. The molecule has 0 spiro atoms. The van der Waals surface area contributed by atoms with Crippen LogP contribution in [0, 0.1) is 24.7 Å². The lowest BCUT2D eigenvalue weighted by atomic mass is 9.92. The summed E-state index contributed by atoms with van der Waals surface area (Å²) in [6.07, 6.45) is 5.49. The molecular weight excluding hydrogens is 328 g/mol. The van der Waals surface area contributed by atoms with Gasteiger partial charge in [-0.2, -0.15) is 0 Å². The van der Waals surface area contributed by atoms with Gasteiger partial charge < -0.3 is 10.0 Å². The molecule has 1 aliphatic carbocycles. The molecule has 2 fully saturated rings. The standard InChI is InChI=1S/C21H22N2O3/c1-13-3-2-4-15(7-13)16-8-17(10-22-9-16)20(24)23-11-18(14-5-6-14)19(12-23)21(25)26/h2-4,7-10,14,18-19H,5-6,11-12H2,1H3,(H,25,26)/t18-,19+/m1/s1. The maximum atomic E-state index is 12.9. The molecule has 134 valence electrons. The Kier molecular flexibility index (Phi) is 4.23. The molecule has 1 amide bonds. The number of aliphatic carboxylic acids is 1. The molecule has 4 rings (SSSR count). The predicted molar refractivity (Wildman–Crippen MR) is 97.7 cm³/mol. The van der Waals surface area contributed by atoms with Gasteiger partial charge in [-0.05, 0) is 43.2 Å². The molecule has 1 aromatic heterocycles. The first-order chi connectivity index (χ1) is 12.5. The molecule has 2 atom stereocenters. The highest BCUT2D eigenvalue weighted by Crippen LogP contribution is 2.44. The van der Waals surface area contributed by atoms with Gasteiger partial charge in [0, 0.05) is 31.0 Å². The normalized spacial score (nSPS) is 22.4. The number of rotatable bonds is 4. The first kappa shape index (κ1) is 16.8. The molecule has 5 heteroatoms. The number of aromatic nitrogens is 1. The first-order valence-corrected chi connectivity index (χ1v) is 9.07.